The molecule has 1 saturated heterocycles. The van der Waals surface area contributed by atoms with Crippen LogP contribution >= 0.6 is 0 Å². The summed E-state index contributed by atoms with van der Waals surface area (Å²) >= 11 is 0. The van der Waals surface area contributed by atoms with E-state index >= 15 is 0 Å². The molecule has 4 rings (SSSR count). The maximum Gasteiger partial charge on any atom is 0.325 e. The van der Waals surface area contributed by atoms with E-state index in [9.17, 15) is 14.4 Å². The lowest BCUT2D eigenvalue weighted by atomic mass is 10.1. The Morgan fingerprint density at radius 1 is 1.28 bits per heavy atom. The average Bonchev–Trinajstić information content (AvgIpc) is 3.34. The van der Waals surface area contributed by atoms with Crippen molar-refractivity contribution in [3.63, 3.8) is 0 Å². The SMILES string of the molecule is CC(C)n1cc(C[C@H]2NC(=O)N(CC(=O)N3c4ccccc4C[C@@H]3C)C2=O)nn1. The van der Waals surface area contributed by atoms with E-state index in [1.807, 2.05) is 45.0 Å². The van der Waals surface area contributed by atoms with Crippen LogP contribution in [0.15, 0.2) is 30.5 Å². The molecule has 3 heterocycles. The number of urea groups is 1. The Kier molecular flexibility index (Phi) is 4.81. The van der Waals surface area contributed by atoms with Crippen LogP contribution < -0.4 is 10.2 Å². The van der Waals surface area contributed by atoms with E-state index in [1.165, 1.54) is 0 Å². The highest BCUT2D eigenvalue weighted by Gasteiger charge is 2.41. The molecule has 9 heteroatoms. The van der Waals surface area contributed by atoms with Gasteiger partial charge in [0.25, 0.3) is 5.91 Å². The first-order valence-corrected chi connectivity index (χ1v) is 9.77. The Bertz CT molecular complexity index is 969. The molecule has 152 valence electrons. The molecule has 0 bridgehead atoms. The summed E-state index contributed by atoms with van der Waals surface area (Å²) in [4.78, 5) is 40.7. The van der Waals surface area contributed by atoms with Crippen LogP contribution in [0.5, 0.6) is 0 Å². The van der Waals surface area contributed by atoms with E-state index < -0.39 is 18.0 Å². The normalized spacial score (nSPS) is 21.1. The highest BCUT2D eigenvalue weighted by Crippen LogP contribution is 2.32. The van der Waals surface area contributed by atoms with E-state index in [4.69, 9.17) is 0 Å². The number of carbonyl (C=O) groups is 3. The van der Waals surface area contributed by atoms with Gasteiger partial charge in [-0.1, -0.05) is 23.4 Å². The zero-order chi connectivity index (χ0) is 20.7. The Balaban J connectivity index is 1.44. The minimum absolute atomic E-state index is 0.0115. The molecule has 1 aromatic heterocycles. The molecule has 2 atom stereocenters. The van der Waals surface area contributed by atoms with Crippen molar-refractivity contribution in [3.8, 4) is 0 Å². The van der Waals surface area contributed by atoms with Gasteiger partial charge in [-0.3, -0.25) is 14.5 Å². The number of nitrogens with zero attached hydrogens (tertiary/aromatic N) is 5. The molecule has 1 fully saturated rings. The summed E-state index contributed by atoms with van der Waals surface area (Å²) in [6.45, 7) is 5.64. The molecule has 29 heavy (non-hydrogen) atoms. The minimum Gasteiger partial charge on any atom is -0.325 e. The van der Waals surface area contributed by atoms with Crippen molar-refractivity contribution in [2.75, 3.05) is 11.4 Å². The van der Waals surface area contributed by atoms with Crippen molar-refractivity contribution in [1.29, 1.82) is 0 Å². The van der Waals surface area contributed by atoms with Gasteiger partial charge in [-0.15, -0.1) is 5.10 Å². The molecule has 0 saturated carbocycles. The highest BCUT2D eigenvalue weighted by molar-refractivity contribution is 6.08. The van der Waals surface area contributed by atoms with E-state index in [2.05, 4.69) is 15.6 Å². The number of benzene rings is 1. The molecule has 1 aromatic carbocycles. The average molecular weight is 396 g/mol. The lowest BCUT2D eigenvalue weighted by molar-refractivity contribution is -0.131. The molecular weight excluding hydrogens is 372 g/mol. The fourth-order valence-corrected chi connectivity index (χ4v) is 3.89. The van der Waals surface area contributed by atoms with Gasteiger partial charge in [0.05, 0.1) is 5.69 Å². The Morgan fingerprint density at radius 2 is 2.03 bits per heavy atom. The topological polar surface area (TPSA) is 100 Å². The number of carbonyl (C=O) groups excluding carboxylic acids is 3. The summed E-state index contributed by atoms with van der Waals surface area (Å²) in [6, 6.07) is 6.56. The molecule has 0 aliphatic carbocycles. The predicted octanol–water partition coefficient (Wildman–Crippen LogP) is 1.30. The van der Waals surface area contributed by atoms with Gasteiger partial charge in [0.15, 0.2) is 0 Å². The largest absolute Gasteiger partial charge is 0.325 e. The predicted molar refractivity (Wildman–Crippen MR) is 105 cm³/mol. The Hall–Kier alpha value is -3.23. The van der Waals surface area contributed by atoms with Gasteiger partial charge in [-0.2, -0.15) is 0 Å². The van der Waals surface area contributed by atoms with Gasteiger partial charge >= 0.3 is 6.03 Å². The molecule has 9 nitrogen and oxygen atoms in total. The molecular formula is C20H24N6O3. The van der Waals surface area contributed by atoms with Gasteiger partial charge in [-0.25, -0.2) is 9.48 Å². The molecule has 2 aliphatic rings. The van der Waals surface area contributed by atoms with Crippen molar-refractivity contribution in [3.05, 3.63) is 41.7 Å². The number of nitrogens with one attached hydrogen (secondary N) is 1. The van der Waals surface area contributed by atoms with Crippen LogP contribution in [0.1, 0.15) is 38.1 Å². The maximum atomic E-state index is 12.9. The number of amides is 4. The minimum atomic E-state index is -0.740. The van der Waals surface area contributed by atoms with Crippen LogP contribution in [0, 0.1) is 0 Å². The van der Waals surface area contributed by atoms with Crippen molar-refractivity contribution in [2.24, 2.45) is 0 Å². The van der Waals surface area contributed by atoms with Gasteiger partial charge < -0.3 is 10.2 Å². The second kappa shape index (κ2) is 7.31. The van der Waals surface area contributed by atoms with Crippen molar-refractivity contribution >= 4 is 23.5 Å². The van der Waals surface area contributed by atoms with Crippen LogP contribution in [0.3, 0.4) is 0 Å². The number of hydrogen-bond acceptors (Lipinski definition) is 5. The van der Waals surface area contributed by atoms with E-state index in [0.29, 0.717) is 5.69 Å². The second-order valence-corrected chi connectivity index (χ2v) is 7.86. The number of rotatable bonds is 5. The zero-order valence-corrected chi connectivity index (χ0v) is 16.7. The fraction of sp³-hybridized carbons (Fsp3) is 0.450. The Labute approximate surface area is 168 Å². The van der Waals surface area contributed by atoms with E-state index in [1.54, 1.807) is 15.8 Å². The van der Waals surface area contributed by atoms with Gasteiger partial charge in [0.1, 0.15) is 12.6 Å². The summed E-state index contributed by atoms with van der Waals surface area (Å²) in [5.41, 5.74) is 2.56. The lowest BCUT2D eigenvalue weighted by Gasteiger charge is -2.24. The third kappa shape index (κ3) is 3.48. The van der Waals surface area contributed by atoms with Crippen LogP contribution in [-0.2, 0) is 22.4 Å². The first-order valence-electron chi connectivity index (χ1n) is 9.77. The van der Waals surface area contributed by atoms with E-state index in [-0.39, 0.29) is 31.0 Å². The summed E-state index contributed by atoms with van der Waals surface area (Å²) in [7, 11) is 0. The smallest absolute Gasteiger partial charge is 0.325 e. The summed E-state index contributed by atoms with van der Waals surface area (Å²) in [6.07, 6.45) is 2.77. The molecule has 4 amide bonds. The zero-order valence-electron chi connectivity index (χ0n) is 16.7. The second-order valence-electron chi connectivity index (χ2n) is 7.86. The third-order valence-electron chi connectivity index (χ3n) is 5.38. The summed E-state index contributed by atoms with van der Waals surface area (Å²) in [5.74, 6) is -0.681. The van der Waals surface area contributed by atoms with Crippen molar-refractivity contribution < 1.29 is 14.4 Å². The fourth-order valence-electron chi connectivity index (χ4n) is 3.89. The van der Waals surface area contributed by atoms with Gasteiger partial charge in [0, 0.05) is 30.4 Å². The number of anilines is 1. The first-order chi connectivity index (χ1) is 13.8. The molecule has 0 unspecified atom stereocenters. The van der Waals surface area contributed by atoms with Gasteiger partial charge in [0.2, 0.25) is 5.91 Å². The standard InChI is InChI=1S/C20H24N6O3/c1-12(2)25-10-15(22-23-25)9-16-19(28)24(20(29)21-16)11-18(27)26-13(3)8-14-6-4-5-7-17(14)26/h4-7,10,12-13,16H,8-9,11H2,1-3H3,(H,21,29)/t13-,16+/m0/s1. The summed E-state index contributed by atoms with van der Waals surface area (Å²) < 4.78 is 1.70. The van der Waals surface area contributed by atoms with Gasteiger partial charge in [-0.05, 0) is 38.8 Å². The number of para-hydroxylation sites is 1. The van der Waals surface area contributed by atoms with Crippen LogP contribution in [-0.4, -0.2) is 56.4 Å². The molecule has 0 radical (unpaired) electrons. The quantitative estimate of drug-likeness (QED) is 0.768. The van der Waals surface area contributed by atoms with Crippen LogP contribution in [0.2, 0.25) is 0 Å². The maximum absolute atomic E-state index is 12.9. The molecule has 0 spiro atoms. The monoisotopic (exact) mass is 396 g/mol. The Morgan fingerprint density at radius 3 is 2.76 bits per heavy atom. The number of fused-ring (bicyclic) bond motifs is 1. The van der Waals surface area contributed by atoms with Crippen LogP contribution in [0.4, 0.5) is 10.5 Å². The molecule has 2 aliphatic heterocycles. The van der Waals surface area contributed by atoms with E-state index in [0.717, 1.165) is 22.6 Å². The highest BCUT2D eigenvalue weighted by atomic mass is 16.2. The number of hydrogen-bond donors (Lipinski definition) is 1. The molecule has 2 aromatic rings. The molecule has 1 N–H and O–H groups in total. The lowest BCUT2D eigenvalue weighted by Crippen LogP contribution is -2.45. The summed E-state index contributed by atoms with van der Waals surface area (Å²) in [5, 5.41) is 10.7. The first kappa shape index (κ1) is 19.1. The van der Waals surface area contributed by atoms with Crippen molar-refractivity contribution in [2.45, 2.75) is 51.7 Å². The number of aromatic nitrogens is 3. The van der Waals surface area contributed by atoms with Crippen molar-refractivity contribution in [1.82, 2.24) is 25.2 Å². The third-order valence-corrected chi connectivity index (χ3v) is 5.38. The van der Waals surface area contributed by atoms with Crippen LogP contribution in [0.25, 0.3) is 0 Å². The number of imide groups is 1.